The van der Waals surface area contributed by atoms with Gasteiger partial charge in [0.1, 0.15) is 11.4 Å². The van der Waals surface area contributed by atoms with Crippen LogP contribution in [0, 0.1) is 0 Å². The normalized spacial score (nSPS) is 15.5. The van der Waals surface area contributed by atoms with Crippen LogP contribution in [0.3, 0.4) is 0 Å². The molecule has 0 radical (unpaired) electrons. The van der Waals surface area contributed by atoms with E-state index in [1.807, 2.05) is 0 Å². The monoisotopic (exact) mass is 436 g/mol. The quantitative estimate of drug-likeness (QED) is 0.655. The first-order chi connectivity index (χ1) is 14.5. The number of carbonyl (C=O) groups excluding carboxylic acids is 1. The number of carbonyl (C=O) groups is 1. The summed E-state index contributed by atoms with van der Waals surface area (Å²) in [5, 5.41) is 13.4. The van der Waals surface area contributed by atoms with E-state index in [-0.39, 0.29) is 11.2 Å². The molecule has 2 N–H and O–H groups in total. The van der Waals surface area contributed by atoms with Crippen LogP contribution in [0.1, 0.15) is 36.8 Å². The molecule has 1 aliphatic heterocycles. The number of anilines is 2. The van der Waals surface area contributed by atoms with Crippen LogP contribution in [0.4, 0.5) is 24.7 Å². The fourth-order valence-corrected chi connectivity index (χ4v) is 3.30. The van der Waals surface area contributed by atoms with Gasteiger partial charge >= 0.3 is 6.18 Å². The van der Waals surface area contributed by atoms with E-state index in [4.69, 9.17) is 0 Å². The lowest BCUT2D eigenvalue weighted by Gasteiger charge is -2.28. The van der Waals surface area contributed by atoms with E-state index in [2.05, 4.69) is 30.7 Å². The number of alkyl halides is 3. The van der Waals surface area contributed by atoms with E-state index >= 15 is 0 Å². The summed E-state index contributed by atoms with van der Waals surface area (Å²) in [7, 11) is 0. The van der Waals surface area contributed by atoms with Gasteiger partial charge in [-0.15, -0.1) is 0 Å². The zero-order valence-electron chi connectivity index (χ0n) is 17.4. The minimum atomic E-state index is -4.71. The van der Waals surface area contributed by atoms with Crippen molar-refractivity contribution in [2.75, 3.05) is 36.4 Å². The van der Waals surface area contributed by atoms with Gasteiger partial charge in [0.25, 0.3) is 5.91 Å². The van der Waals surface area contributed by atoms with Gasteiger partial charge in [0, 0.05) is 38.6 Å². The Morgan fingerprint density at radius 2 is 1.90 bits per heavy atom. The molecule has 0 saturated carbocycles. The van der Waals surface area contributed by atoms with E-state index in [1.54, 1.807) is 33.0 Å². The maximum atomic E-state index is 13.5. The molecule has 31 heavy (non-hydrogen) atoms. The molecule has 1 amide bonds. The van der Waals surface area contributed by atoms with Crippen molar-refractivity contribution in [2.45, 2.75) is 32.5 Å². The molecule has 4 rings (SSSR count). The van der Waals surface area contributed by atoms with Gasteiger partial charge in [0.05, 0.1) is 17.4 Å². The average molecular weight is 436 g/mol. The minimum absolute atomic E-state index is 0.0774. The predicted octanol–water partition coefficient (Wildman–Crippen LogP) is 2.36. The molecule has 0 bridgehead atoms. The van der Waals surface area contributed by atoms with Crippen molar-refractivity contribution in [1.29, 1.82) is 0 Å². The SMILES string of the molecule is CC(C)(C)n1cc(NC(=O)c2cnn3ccc(N4CCNCC4)nc23)c(C(F)(F)F)n1. The number of fused-ring (bicyclic) bond motifs is 1. The molecule has 12 heteroatoms. The summed E-state index contributed by atoms with van der Waals surface area (Å²) < 4.78 is 43.1. The van der Waals surface area contributed by atoms with Crippen molar-refractivity contribution in [3.05, 3.63) is 35.9 Å². The van der Waals surface area contributed by atoms with Crippen LogP contribution in [-0.2, 0) is 11.7 Å². The second-order valence-corrected chi connectivity index (χ2v) is 8.31. The number of hydrogen-bond acceptors (Lipinski definition) is 6. The van der Waals surface area contributed by atoms with Gasteiger partial charge in [-0.1, -0.05) is 0 Å². The van der Waals surface area contributed by atoms with E-state index in [1.165, 1.54) is 21.6 Å². The lowest BCUT2D eigenvalue weighted by molar-refractivity contribution is -0.141. The zero-order chi connectivity index (χ0) is 22.4. The standard InChI is InChI=1S/C19H23F3N8O/c1-18(2,3)30-11-13(15(27-30)19(20,21)22)25-17(31)12-10-24-29-7-4-14(26-16(12)29)28-8-5-23-6-9-28/h4,7,10-11,23H,5-6,8-9H2,1-3H3,(H,25,31). The lowest BCUT2D eigenvalue weighted by atomic mass is 10.1. The van der Waals surface area contributed by atoms with Crippen LogP contribution < -0.4 is 15.5 Å². The van der Waals surface area contributed by atoms with Gasteiger partial charge in [-0.05, 0) is 26.8 Å². The first-order valence-corrected chi connectivity index (χ1v) is 9.83. The first kappa shape index (κ1) is 21.1. The third kappa shape index (κ3) is 4.20. The summed E-state index contributed by atoms with van der Waals surface area (Å²) in [6, 6.07) is 1.79. The molecule has 166 valence electrons. The van der Waals surface area contributed by atoms with Gasteiger partial charge in [0.2, 0.25) is 0 Å². The second kappa shape index (κ2) is 7.52. The maximum Gasteiger partial charge on any atom is 0.437 e. The van der Waals surface area contributed by atoms with Crippen LogP contribution in [0.25, 0.3) is 5.65 Å². The Kier molecular flexibility index (Phi) is 5.12. The number of rotatable bonds is 3. The molecule has 0 aliphatic carbocycles. The fraction of sp³-hybridized carbons (Fsp3) is 0.474. The lowest BCUT2D eigenvalue weighted by Crippen LogP contribution is -2.43. The highest BCUT2D eigenvalue weighted by Crippen LogP contribution is 2.35. The number of aromatic nitrogens is 5. The van der Waals surface area contributed by atoms with Crippen molar-refractivity contribution in [3.63, 3.8) is 0 Å². The molecule has 3 aromatic rings. The molecule has 0 aromatic carbocycles. The summed E-state index contributed by atoms with van der Waals surface area (Å²) in [6.07, 6.45) is -0.560. The number of hydrogen-bond donors (Lipinski definition) is 2. The first-order valence-electron chi connectivity index (χ1n) is 9.83. The Hall–Kier alpha value is -3.15. The Labute approximate surface area is 176 Å². The van der Waals surface area contributed by atoms with Crippen molar-refractivity contribution in [1.82, 2.24) is 29.7 Å². The summed E-state index contributed by atoms with van der Waals surface area (Å²) in [5.74, 6) is -0.0565. The molecule has 0 unspecified atom stereocenters. The molecular weight excluding hydrogens is 413 g/mol. The molecule has 0 atom stereocenters. The van der Waals surface area contributed by atoms with E-state index in [9.17, 15) is 18.0 Å². The third-order valence-electron chi connectivity index (χ3n) is 4.96. The number of piperazine rings is 1. The van der Waals surface area contributed by atoms with Crippen LogP contribution in [0.5, 0.6) is 0 Å². The minimum Gasteiger partial charge on any atom is -0.354 e. The highest BCUT2D eigenvalue weighted by atomic mass is 19.4. The number of nitrogens with zero attached hydrogens (tertiary/aromatic N) is 6. The molecule has 3 aromatic heterocycles. The number of nitrogens with one attached hydrogen (secondary N) is 2. The Balaban J connectivity index is 1.67. The smallest absolute Gasteiger partial charge is 0.354 e. The van der Waals surface area contributed by atoms with Crippen LogP contribution in [0.2, 0.25) is 0 Å². The highest BCUT2D eigenvalue weighted by molar-refractivity contribution is 6.08. The third-order valence-corrected chi connectivity index (χ3v) is 4.96. The van der Waals surface area contributed by atoms with Gasteiger partial charge in [0.15, 0.2) is 11.3 Å². The maximum absolute atomic E-state index is 13.5. The molecule has 9 nitrogen and oxygen atoms in total. The van der Waals surface area contributed by atoms with Gasteiger partial charge in [-0.25, -0.2) is 9.50 Å². The van der Waals surface area contributed by atoms with Crippen LogP contribution in [0.15, 0.2) is 24.7 Å². The average Bonchev–Trinajstić information content (AvgIpc) is 3.32. The number of halogens is 3. The molecule has 0 spiro atoms. The largest absolute Gasteiger partial charge is 0.437 e. The van der Waals surface area contributed by atoms with Crippen molar-refractivity contribution >= 4 is 23.1 Å². The molecule has 1 fully saturated rings. The summed E-state index contributed by atoms with van der Waals surface area (Å²) >= 11 is 0. The summed E-state index contributed by atoms with van der Waals surface area (Å²) in [4.78, 5) is 19.5. The van der Waals surface area contributed by atoms with E-state index in [0.717, 1.165) is 26.2 Å². The Bertz CT molecular complexity index is 1110. The Morgan fingerprint density at radius 3 is 2.55 bits per heavy atom. The molecule has 1 saturated heterocycles. The van der Waals surface area contributed by atoms with Gasteiger partial charge in [-0.2, -0.15) is 23.4 Å². The van der Waals surface area contributed by atoms with E-state index < -0.39 is 29.0 Å². The highest BCUT2D eigenvalue weighted by Gasteiger charge is 2.39. The topological polar surface area (TPSA) is 92.4 Å². The van der Waals surface area contributed by atoms with Crippen molar-refractivity contribution < 1.29 is 18.0 Å². The van der Waals surface area contributed by atoms with Crippen molar-refractivity contribution in [2.24, 2.45) is 0 Å². The molecule has 4 heterocycles. The van der Waals surface area contributed by atoms with Crippen LogP contribution in [-0.4, -0.2) is 56.5 Å². The summed E-state index contributed by atoms with van der Waals surface area (Å²) in [6.45, 7) is 8.32. The van der Waals surface area contributed by atoms with Gasteiger partial charge < -0.3 is 15.5 Å². The van der Waals surface area contributed by atoms with E-state index in [0.29, 0.717) is 5.82 Å². The molecular formula is C19H23F3N8O. The molecule has 1 aliphatic rings. The Morgan fingerprint density at radius 1 is 1.19 bits per heavy atom. The van der Waals surface area contributed by atoms with Gasteiger partial charge in [-0.3, -0.25) is 9.48 Å². The predicted molar refractivity (Wildman–Crippen MR) is 108 cm³/mol. The van der Waals surface area contributed by atoms with Crippen LogP contribution >= 0.6 is 0 Å². The second-order valence-electron chi connectivity index (χ2n) is 8.31. The zero-order valence-corrected chi connectivity index (χ0v) is 17.4. The van der Waals surface area contributed by atoms with Crippen molar-refractivity contribution in [3.8, 4) is 0 Å². The summed E-state index contributed by atoms with van der Waals surface area (Å²) in [5.41, 5.74) is -1.90. The number of amides is 1. The fourth-order valence-electron chi connectivity index (χ4n) is 3.30.